The van der Waals surface area contributed by atoms with Crippen molar-refractivity contribution in [1.29, 1.82) is 0 Å². The molecule has 3 rings (SSSR count). The van der Waals surface area contributed by atoms with E-state index < -0.39 is 10.0 Å². The van der Waals surface area contributed by atoms with Gasteiger partial charge in [-0.15, -0.1) is 10.2 Å². The van der Waals surface area contributed by atoms with Crippen molar-refractivity contribution in [2.75, 3.05) is 23.4 Å². The molecule has 0 saturated carbocycles. The number of benzene rings is 2. The van der Waals surface area contributed by atoms with Gasteiger partial charge in [0.1, 0.15) is 0 Å². The standard InChI is InChI=1S/C19H20ClN5O3S3/c1-11-7-8-13(9-16(11)31(27,28)21-3)22-17(26)10-29-19-25-24-18(30-19)23-15-6-4-5-14(20)12(15)2/h4-9,21H,10H2,1-3H3,(H,22,26)(H,23,24). The number of nitrogens with zero attached hydrogens (tertiary/aromatic N) is 2. The summed E-state index contributed by atoms with van der Waals surface area (Å²) >= 11 is 8.69. The van der Waals surface area contributed by atoms with E-state index in [-0.39, 0.29) is 16.6 Å². The lowest BCUT2D eigenvalue weighted by atomic mass is 10.2. The summed E-state index contributed by atoms with van der Waals surface area (Å²) in [5, 5.41) is 15.3. The van der Waals surface area contributed by atoms with Gasteiger partial charge in [0, 0.05) is 16.4 Å². The lowest BCUT2D eigenvalue weighted by Crippen LogP contribution is -2.20. The Morgan fingerprint density at radius 3 is 2.71 bits per heavy atom. The molecular formula is C19H20ClN5O3S3. The number of sulfonamides is 1. The van der Waals surface area contributed by atoms with Crippen molar-refractivity contribution in [2.24, 2.45) is 0 Å². The third-order valence-corrected chi connectivity index (χ3v) is 8.21. The van der Waals surface area contributed by atoms with Crippen LogP contribution in [0, 0.1) is 13.8 Å². The summed E-state index contributed by atoms with van der Waals surface area (Å²) in [6.07, 6.45) is 0. The number of carbonyl (C=O) groups excluding carboxylic acids is 1. The van der Waals surface area contributed by atoms with E-state index in [1.54, 1.807) is 19.1 Å². The Balaban J connectivity index is 1.60. The fourth-order valence-corrected chi connectivity index (χ4v) is 5.31. The maximum Gasteiger partial charge on any atom is 0.240 e. The zero-order valence-corrected chi connectivity index (χ0v) is 20.1. The summed E-state index contributed by atoms with van der Waals surface area (Å²) < 4.78 is 27.1. The number of hydrogen-bond acceptors (Lipinski definition) is 8. The lowest BCUT2D eigenvalue weighted by molar-refractivity contribution is -0.113. The van der Waals surface area contributed by atoms with Gasteiger partial charge in [-0.05, 0) is 56.3 Å². The van der Waals surface area contributed by atoms with E-state index in [4.69, 9.17) is 11.6 Å². The van der Waals surface area contributed by atoms with Gasteiger partial charge in [-0.2, -0.15) is 0 Å². The second kappa shape index (κ2) is 9.96. The average molecular weight is 498 g/mol. The number of anilines is 3. The zero-order chi connectivity index (χ0) is 22.6. The van der Waals surface area contributed by atoms with Crippen molar-refractivity contribution in [2.45, 2.75) is 23.1 Å². The number of amides is 1. The number of nitrogens with one attached hydrogen (secondary N) is 3. The molecular weight excluding hydrogens is 478 g/mol. The number of rotatable bonds is 8. The maximum atomic E-state index is 12.3. The summed E-state index contributed by atoms with van der Waals surface area (Å²) in [6, 6.07) is 10.3. The molecule has 1 amide bonds. The van der Waals surface area contributed by atoms with Crippen molar-refractivity contribution in [3.05, 3.63) is 52.5 Å². The van der Waals surface area contributed by atoms with E-state index >= 15 is 0 Å². The largest absolute Gasteiger partial charge is 0.330 e. The molecule has 31 heavy (non-hydrogen) atoms. The Hall–Kier alpha value is -2.18. The minimum atomic E-state index is -3.61. The molecule has 12 heteroatoms. The van der Waals surface area contributed by atoms with E-state index in [2.05, 4.69) is 25.6 Å². The van der Waals surface area contributed by atoms with E-state index in [9.17, 15) is 13.2 Å². The Labute approximate surface area is 193 Å². The van der Waals surface area contributed by atoms with Crippen LogP contribution in [0.2, 0.25) is 5.02 Å². The second-order valence-electron chi connectivity index (χ2n) is 6.44. The van der Waals surface area contributed by atoms with Crippen LogP contribution in [-0.2, 0) is 14.8 Å². The van der Waals surface area contributed by atoms with E-state index in [0.29, 0.717) is 25.7 Å². The molecule has 8 nitrogen and oxygen atoms in total. The maximum absolute atomic E-state index is 12.3. The molecule has 0 aliphatic heterocycles. The molecule has 1 heterocycles. The monoisotopic (exact) mass is 497 g/mol. The predicted octanol–water partition coefficient (Wildman–Crippen LogP) is 4.19. The van der Waals surface area contributed by atoms with Gasteiger partial charge in [-0.3, -0.25) is 4.79 Å². The van der Waals surface area contributed by atoms with Crippen LogP contribution in [0.25, 0.3) is 0 Å². The van der Waals surface area contributed by atoms with Crippen molar-refractivity contribution < 1.29 is 13.2 Å². The Morgan fingerprint density at radius 2 is 1.97 bits per heavy atom. The summed E-state index contributed by atoms with van der Waals surface area (Å²) in [7, 11) is -2.27. The van der Waals surface area contributed by atoms with Crippen molar-refractivity contribution in [3.63, 3.8) is 0 Å². The summed E-state index contributed by atoms with van der Waals surface area (Å²) in [5.41, 5.74) is 2.74. The zero-order valence-electron chi connectivity index (χ0n) is 16.9. The van der Waals surface area contributed by atoms with Crippen LogP contribution >= 0.6 is 34.7 Å². The van der Waals surface area contributed by atoms with Crippen molar-refractivity contribution in [1.82, 2.24) is 14.9 Å². The highest BCUT2D eigenvalue weighted by atomic mass is 35.5. The van der Waals surface area contributed by atoms with Gasteiger partial charge in [0.05, 0.1) is 10.6 Å². The Bertz CT molecular complexity index is 1210. The molecule has 0 fully saturated rings. The third kappa shape index (κ3) is 5.95. The number of halogens is 1. The van der Waals surface area contributed by atoms with Crippen molar-refractivity contribution in [3.8, 4) is 0 Å². The van der Waals surface area contributed by atoms with Crippen LogP contribution in [0.15, 0.2) is 45.6 Å². The molecule has 3 N–H and O–H groups in total. The number of carbonyl (C=O) groups is 1. The topological polar surface area (TPSA) is 113 Å². The Kier molecular flexibility index (Phi) is 7.55. The van der Waals surface area contributed by atoms with Gasteiger partial charge < -0.3 is 10.6 Å². The molecule has 0 saturated heterocycles. The first-order valence-corrected chi connectivity index (χ1v) is 12.7. The number of thioether (sulfide) groups is 1. The first-order valence-electron chi connectivity index (χ1n) is 9.02. The second-order valence-corrected chi connectivity index (χ2v) is 10.9. The van der Waals surface area contributed by atoms with Crippen LogP contribution in [0.4, 0.5) is 16.5 Å². The lowest BCUT2D eigenvalue weighted by Gasteiger charge is -2.10. The minimum Gasteiger partial charge on any atom is -0.330 e. The van der Waals surface area contributed by atoms with Gasteiger partial charge >= 0.3 is 0 Å². The summed E-state index contributed by atoms with van der Waals surface area (Å²) in [5.74, 6) is -0.177. The molecule has 164 valence electrons. The van der Waals surface area contributed by atoms with Crippen LogP contribution in [0.1, 0.15) is 11.1 Å². The molecule has 0 radical (unpaired) electrons. The first-order chi connectivity index (χ1) is 14.7. The highest BCUT2D eigenvalue weighted by Crippen LogP contribution is 2.30. The molecule has 1 aromatic heterocycles. The highest BCUT2D eigenvalue weighted by Gasteiger charge is 2.16. The molecule has 0 unspecified atom stereocenters. The molecule has 3 aromatic rings. The number of hydrogen-bond donors (Lipinski definition) is 3. The molecule has 0 spiro atoms. The van der Waals surface area contributed by atoms with Gasteiger partial charge in [0.25, 0.3) is 0 Å². The summed E-state index contributed by atoms with van der Waals surface area (Å²) in [6.45, 7) is 3.60. The molecule has 0 atom stereocenters. The molecule has 2 aromatic carbocycles. The normalized spacial score (nSPS) is 11.4. The summed E-state index contributed by atoms with van der Waals surface area (Å²) in [4.78, 5) is 12.4. The molecule has 0 aliphatic rings. The fraction of sp³-hybridized carbons (Fsp3) is 0.211. The van der Waals surface area contributed by atoms with Gasteiger partial charge in [-0.25, -0.2) is 13.1 Å². The van der Waals surface area contributed by atoms with Crippen LogP contribution in [0.5, 0.6) is 0 Å². The van der Waals surface area contributed by atoms with E-state index in [1.807, 2.05) is 25.1 Å². The smallest absolute Gasteiger partial charge is 0.240 e. The van der Waals surface area contributed by atoms with E-state index in [0.717, 1.165) is 11.3 Å². The number of aromatic nitrogens is 2. The van der Waals surface area contributed by atoms with Crippen LogP contribution in [0.3, 0.4) is 0 Å². The Morgan fingerprint density at radius 1 is 1.19 bits per heavy atom. The molecule has 0 bridgehead atoms. The quantitative estimate of drug-likeness (QED) is 0.400. The van der Waals surface area contributed by atoms with E-state index in [1.165, 1.54) is 36.2 Å². The van der Waals surface area contributed by atoms with Gasteiger partial charge in [-0.1, -0.05) is 46.8 Å². The highest BCUT2D eigenvalue weighted by molar-refractivity contribution is 8.01. The first kappa shape index (κ1) is 23.5. The average Bonchev–Trinajstić information content (AvgIpc) is 3.18. The van der Waals surface area contributed by atoms with Gasteiger partial charge in [0.2, 0.25) is 21.1 Å². The van der Waals surface area contributed by atoms with Crippen LogP contribution < -0.4 is 15.4 Å². The predicted molar refractivity (Wildman–Crippen MR) is 126 cm³/mol. The third-order valence-electron chi connectivity index (χ3n) is 4.27. The van der Waals surface area contributed by atoms with Gasteiger partial charge in [0.15, 0.2) is 4.34 Å². The minimum absolute atomic E-state index is 0.104. The molecule has 0 aliphatic carbocycles. The van der Waals surface area contributed by atoms with Crippen molar-refractivity contribution >= 4 is 67.1 Å². The SMILES string of the molecule is CNS(=O)(=O)c1cc(NC(=O)CSc2nnc(Nc3cccc(Cl)c3C)s2)ccc1C. The fourth-order valence-electron chi connectivity index (χ4n) is 2.58. The van der Waals surface area contributed by atoms with Crippen LogP contribution in [-0.4, -0.2) is 37.3 Å². The number of aryl methyl sites for hydroxylation is 1.